The minimum Gasteiger partial charge on any atom is -0.322 e. The lowest BCUT2D eigenvalue weighted by atomic mass is 10.1. The van der Waals surface area contributed by atoms with Crippen LogP contribution in [0.2, 0.25) is 0 Å². The maximum atomic E-state index is 13.9. The van der Waals surface area contributed by atoms with E-state index in [0.717, 1.165) is 23.3 Å². The number of carbonyl (C=O) groups is 1. The Morgan fingerprint density at radius 3 is 2.36 bits per heavy atom. The number of benzene rings is 2. The molecule has 0 saturated heterocycles. The molecule has 0 radical (unpaired) electrons. The van der Waals surface area contributed by atoms with Crippen LogP contribution in [-0.2, 0) is 0 Å². The first kappa shape index (κ1) is 19.3. The number of nitrogens with zero attached hydrogens (tertiary/aromatic N) is 2. The molecule has 2 N–H and O–H groups in total. The zero-order valence-electron chi connectivity index (χ0n) is 15.4. The van der Waals surface area contributed by atoms with Crippen molar-refractivity contribution in [2.75, 3.05) is 10.6 Å². The van der Waals surface area contributed by atoms with Crippen molar-refractivity contribution in [3.63, 3.8) is 0 Å². The zero-order chi connectivity index (χ0) is 20.4. The Labute approximate surface area is 159 Å². The van der Waals surface area contributed by atoms with E-state index in [1.165, 1.54) is 6.07 Å². The summed E-state index contributed by atoms with van der Waals surface area (Å²) in [7, 11) is 0. The molecule has 28 heavy (non-hydrogen) atoms. The van der Waals surface area contributed by atoms with Gasteiger partial charge in [-0.15, -0.1) is 0 Å². The monoisotopic (exact) mass is 386 g/mol. The van der Waals surface area contributed by atoms with Crippen LogP contribution in [0, 0.1) is 38.2 Å². The van der Waals surface area contributed by atoms with Crippen molar-refractivity contribution < 1.29 is 18.0 Å². The third-order valence-corrected chi connectivity index (χ3v) is 4.13. The lowest BCUT2D eigenvalue weighted by molar-refractivity contribution is 0.102. The highest BCUT2D eigenvalue weighted by molar-refractivity contribution is 6.03. The summed E-state index contributed by atoms with van der Waals surface area (Å²) in [4.78, 5) is 20.6. The van der Waals surface area contributed by atoms with E-state index < -0.39 is 23.4 Å². The molecule has 0 aliphatic rings. The van der Waals surface area contributed by atoms with E-state index in [2.05, 4.69) is 20.6 Å². The van der Waals surface area contributed by atoms with Gasteiger partial charge in [0, 0.05) is 11.4 Å². The second-order valence-electron chi connectivity index (χ2n) is 6.32. The summed E-state index contributed by atoms with van der Waals surface area (Å²) in [5.74, 6) is -4.91. The SMILES string of the molecule is Cc1cc(C(=O)Nc2ccc(C)c(C)c2)nc(Nc2ccc(F)c(F)c2F)n1. The number of amides is 1. The maximum absolute atomic E-state index is 13.9. The number of rotatable bonds is 4. The van der Waals surface area contributed by atoms with Crippen LogP contribution in [-0.4, -0.2) is 15.9 Å². The fraction of sp³-hybridized carbons (Fsp3) is 0.150. The summed E-state index contributed by atoms with van der Waals surface area (Å²) in [6.45, 7) is 5.52. The van der Waals surface area contributed by atoms with Crippen LogP contribution < -0.4 is 10.6 Å². The van der Waals surface area contributed by atoms with Gasteiger partial charge in [0.25, 0.3) is 5.91 Å². The Balaban J connectivity index is 1.85. The van der Waals surface area contributed by atoms with Gasteiger partial charge in [0.2, 0.25) is 5.95 Å². The lowest BCUT2D eigenvalue weighted by Gasteiger charge is -2.10. The van der Waals surface area contributed by atoms with Crippen molar-refractivity contribution in [1.82, 2.24) is 9.97 Å². The maximum Gasteiger partial charge on any atom is 0.274 e. The van der Waals surface area contributed by atoms with E-state index in [0.29, 0.717) is 11.4 Å². The molecule has 144 valence electrons. The summed E-state index contributed by atoms with van der Waals surface area (Å²) in [5, 5.41) is 5.20. The first-order valence-electron chi connectivity index (χ1n) is 8.39. The molecule has 1 amide bonds. The molecular formula is C20H17F3N4O. The van der Waals surface area contributed by atoms with Gasteiger partial charge in [-0.1, -0.05) is 6.07 Å². The molecule has 0 unspecified atom stereocenters. The molecule has 8 heteroatoms. The summed E-state index contributed by atoms with van der Waals surface area (Å²) in [6, 6.07) is 8.75. The largest absolute Gasteiger partial charge is 0.322 e. The molecule has 0 fully saturated rings. The van der Waals surface area contributed by atoms with Crippen LogP contribution in [0.4, 0.5) is 30.5 Å². The van der Waals surface area contributed by atoms with Gasteiger partial charge in [0.1, 0.15) is 5.69 Å². The van der Waals surface area contributed by atoms with E-state index in [4.69, 9.17) is 0 Å². The van der Waals surface area contributed by atoms with Crippen molar-refractivity contribution in [2.24, 2.45) is 0 Å². The summed E-state index contributed by atoms with van der Waals surface area (Å²) in [6.07, 6.45) is 0. The van der Waals surface area contributed by atoms with Gasteiger partial charge in [-0.25, -0.2) is 23.1 Å². The van der Waals surface area contributed by atoms with Gasteiger partial charge >= 0.3 is 0 Å². The average Bonchev–Trinajstić information content (AvgIpc) is 2.65. The number of carbonyl (C=O) groups excluding carboxylic acids is 1. The molecule has 0 saturated carbocycles. The third kappa shape index (κ3) is 4.11. The fourth-order valence-electron chi connectivity index (χ4n) is 2.50. The predicted octanol–water partition coefficient (Wildman–Crippen LogP) is 4.82. The van der Waals surface area contributed by atoms with Crippen LogP contribution in [0.25, 0.3) is 0 Å². The average molecular weight is 386 g/mol. The second kappa shape index (κ2) is 7.67. The van der Waals surface area contributed by atoms with Crippen LogP contribution in [0.5, 0.6) is 0 Å². The summed E-state index contributed by atoms with van der Waals surface area (Å²) < 4.78 is 40.3. The molecule has 3 aromatic rings. The zero-order valence-corrected chi connectivity index (χ0v) is 15.4. The Hall–Kier alpha value is -3.42. The molecule has 2 aromatic carbocycles. The van der Waals surface area contributed by atoms with Crippen LogP contribution in [0.3, 0.4) is 0 Å². The number of hydrogen-bond donors (Lipinski definition) is 2. The molecule has 0 atom stereocenters. The van der Waals surface area contributed by atoms with E-state index in [1.807, 2.05) is 26.0 Å². The van der Waals surface area contributed by atoms with Gasteiger partial charge in [-0.2, -0.15) is 0 Å². The number of nitrogens with one attached hydrogen (secondary N) is 2. The van der Waals surface area contributed by atoms with E-state index in [1.54, 1.807) is 13.0 Å². The Morgan fingerprint density at radius 2 is 1.64 bits per heavy atom. The van der Waals surface area contributed by atoms with E-state index in [-0.39, 0.29) is 17.3 Å². The Bertz CT molecular complexity index is 1070. The Morgan fingerprint density at radius 1 is 0.893 bits per heavy atom. The van der Waals surface area contributed by atoms with Crippen molar-refractivity contribution in [3.05, 3.63) is 76.4 Å². The van der Waals surface area contributed by atoms with Crippen LogP contribution >= 0.6 is 0 Å². The van der Waals surface area contributed by atoms with E-state index >= 15 is 0 Å². The van der Waals surface area contributed by atoms with Crippen molar-refractivity contribution >= 4 is 23.2 Å². The molecule has 0 aliphatic carbocycles. The minimum atomic E-state index is -1.61. The summed E-state index contributed by atoms with van der Waals surface area (Å²) in [5.41, 5.74) is 2.85. The first-order valence-corrected chi connectivity index (χ1v) is 8.39. The highest BCUT2D eigenvalue weighted by atomic mass is 19.2. The molecule has 3 rings (SSSR count). The van der Waals surface area contributed by atoms with Gasteiger partial charge in [0.15, 0.2) is 17.5 Å². The van der Waals surface area contributed by atoms with Gasteiger partial charge < -0.3 is 10.6 Å². The first-order chi connectivity index (χ1) is 13.2. The van der Waals surface area contributed by atoms with Crippen LogP contribution in [0.1, 0.15) is 27.3 Å². The lowest BCUT2D eigenvalue weighted by Crippen LogP contribution is -2.16. The van der Waals surface area contributed by atoms with E-state index in [9.17, 15) is 18.0 Å². The second-order valence-corrected chi connectivity index (χ2v) is 6.32. The molecule has 5 nitrogen and oxygen atoms in total. The third-order valence-electron chi connectivity index (χ3n) is 4.13. The molecule has 0 bridgehead atoms. The number of aromatic nitrogens is 2. The van der Waals surface area contributed by atoms with Crippen molar-refractivity contribution in [1.29, 1.82) is 0 Å². The normalized spacial score (nSPS) is 10.6. The van der Waals surface area contributed by atoms with Crippen LogP contribution in [0.15, 0.2) is 36.4 Å². The van der Waals surface area contributed by atoms with Crippen molar-refractivity contribution in [3.8, 4) is 0 Å². The molecular weight excluding hydrogens is 369 g/mol. The number of hydrogen-bond acceptors (Lipinski definition) is 4. The highest BCUT2D eigenvalue weighted by Crippen LogP contribution is 2.22. The van der Waals surface area contributed by atoms with Gasteiger partial charge in [-0.05, 0) is 62.2 Å². The molecule has 1 aromatic heterocycles. The summed E-state index contributed by atoms with van der Waals surface area (Å²) >= 11 is 0. The number of anilines is 3. The molecule has 0 spiro atoms. The number of halogens is 3. The number of aryl methyl sites for hydroxylation is 3. The van der Waals surface area contributed by atoms with Gasteiger partial charge in [-0.3, -0.25) is 4.79 Å². The smallest absolute Gasteiger partial charge is 0.274 e. The molecule has 1 heterocycles. The minimum absolute atomic E-state index is 0.0382. The van der Waals surface area contributed by atoms with Crippen molar-refractivity contribution in [2.45, 2.75) is 20.8 Å². The van der Waals surface area contributed by atoms with Gasteiger partial charge in [0.05, 0.1) is 5.69 Å². The highest BCUT2D eigenvalue weighted by Gasteiger charge is 2.16. The molecule has 0 aliphatic heterocycles. The predicted molar refractivity (Wildman–Crippen MR) is 100 cm³/mol. The Kier molecular flexibility index (Phi) is 5.30. The quantitative estimate of drug-likeness (QED) is 0.631. The standard InChI is InChI=1S/C20H17F3N4O/c1-10-4-5-13(8-11(10)2)25-19(28)16-9-12(3)24-20(27-16)26-15-7-6-14(21)17(22)18(15)23/h4-9H,1-3H3,(H,25,28)(H,24,26,27). The fourth-order valence-corrected chi connectivity index (χ4v) is 2.50. The topological polar surface area (TPSA) is 66.9 Å².